The van der Waals surface area contributed by atoms with Crippen LogP contribution >= 0.6 is 0 Å². The Kier molecular flexibility index (Phi) is 3.78. The summed E-state index contributed by atoms with van der Waals surface area (Å²) in [5.74, 6) is 0.580. The normalized spacial score (nSPS) is 24.9. The number of hydrogen-bond donors (Lipinski definition) is 2. The van der Waals surface area contributed by atoms with E-state index in [1.54, 1.807) is 0 Å². The molecular formula is C12H20N4O. The molecule has 0 bridgehead atoms. The SMILES string of the molecule is CN(C)[C@@H]1CCCC[C@H]1Nc1nccc(=O)[nH]1. The fourth-order valence-corrected chi connectivity index (χ4v) is 2.52. The summed E-state index contributed by atoms with van der Waals surface area (Å²) in [6, 6.07) is 2.30. The molecule has 1 heterocycles. The number of anilines is 1. The first-order valence-electron chi connectivity index (χ1n) is 6.15. The third-order valence-electron chi connectivity index (χ3n) is 3.39. The summed E-state index contributed by atoms with van der Waals surface area (Å²) in [4.78, 5) is 20.3. The summed E-state index contributed by atoms with van der Waals surface area (Å²) < 4.78 is 0. The van der Waals surface area contributed by atoms with E-state index >= 15 is 0 Å². The molecule has 2 rings (SSSR count). The molecule has 1 aromatic rings. The topological polar surface area (TPSA) is 61.0 Å². The second kappa shape index (κ2) is 5.31. The van der Waals surface area contributed by atoms with E-state index in [-0.39, 0.29) is 5.56 Å². The van der Waals surface area contributed by atoms with Crippen molar-refractivity contribution >= 4 is 5.95 Å². The van der Waals surface area contributed by atoms with Crippen molar-refractivity contribution in [2.75, 3.05) is 19.4 Å². The molecule has 0 aliphatic heterocycles. The number of aromatic nitrogens is 2. The van der Waals surface area contributed by atoms with Crippen LogP contribution in [0.1, 0.15) is 25.7 Å². The van der Waals surface area contributed by atoms with Crippen LogP contribution in [0.3, 0.4) is 0 Å². The van der Waals surface area contributed by atoms with Crippen molar-refractivity contribution in [3.8, 4) is 0 Å². The molecule has 0 spiro atoms. The molecule has 0 saturated heterocycles. The highest BCUT2D eigenvalue weighted by atomic mass is 16.1. The Labute approximate surface area is 101 Å². The summed E-state index contributed by atoms with van der Waals surface area (Å²) in [5.41, 5.74) is -0.111. The van der Waals surface area contributed by atoms with Crippen molar-refractivity contribution in [2.24, 2.45) is 0 Å². The van der Waals surface area contributed by atoms with Gasteiger partial charge in [0, 0.05) is 24.3 Å². The van der Waals surface area contributed by atoms with Gasteiger partial charge in [0.1, 0.15) is 0 Å². The number of nitrogens with zero attached hydrogens (tertiary/aromatic N) is 2. The molecule has 0 unspecified atom stereocenters. The van der Waals surface area contributed by atoms with Crippen LogP contribution < -0.4 is 10.9 Å². The highest BCUT2D eigenvalue weighted by Gasteiger charge is 2.26. The minimum absolute atomic E-state index is 0.111. The average molecular weight is 236 g/mol. The second-order valence-electron chi connectivity index (χ2n) is 4.85. The van der Waals surface area contributed by atoms with E-state index < -0.39 is 0 Å². The Morgan fingerprint density at radius 2 is 2.18 bits per heavy atom. The summed E-state index contributed by atoms with van der Waals surface area (Å²) in [7, 11) is 4.21. The quantitative estimate of drug-likeness (QED) is 0.823. The van der Waals surface area contributed by atoms with Crippen LogP contribution in [0, 0.1) is 0 Å². The summed E-state index contributed by atoms with van der Waals surface area (Å²) in [6.45, 7) is 0. The minimum atomic E-state index is -0.111. The van der Waals surface area contributed by atoms with Gasteiger partial charge in [-0.1, -0.05) is 12.8 Å². The van der Waals surface area contributed by atoms with Gasteiger partial charge in [-0.2, -0.15) is 0 Å². The summed E-state index contributed by atoms with van der Waals surface area (Å²) >= 11 is 0. The Bertz CT molecular complexity index is 415. The van der Waals surface area contributed by atoms with Crippen LogP contribution in [0.25, 0.3) is 0 Å². The zero-order valence-electron chi connectivity index (χ0n) is 10.4. The van der Waals surface area contributed by atoms with E-state index in [0.29, 0.717) is 18.0 Å². The first-order valence-corrected chi connectivity index (χ1v) is 6.15. The number of likely N-dealkylation sites (N-methyl/N-ethyl adjacent to an activating group) is 1. The van der Waals surface area contributed by atoms with Gasteiger partial charge < -0.3 is 10.2 Å². The van der Waals surface area contributed by atoms with Crippen LogP contribution in [-0.2, 0) is 0 Å². The molecule has 5 heteroatoms. The van der Waals surface area contributed by atoms with Crippen LogP contribution in [0.15, 0.2) is 17.1 Å². The molecule has 1 aliphatic rings. The standard InChI is InChI=1S/C12H20N4O/c1-16(2)10-6-4-3-5-9(10)14-12-13-8-7-11(17)15-12/h7-10H,3-6H2,1-2H3,(H2,13,14,15,17)/t9-,10-/m1/s1. The fourth-order valence-electron chi connectivity index (χ4n) is 2.52. The van der Waals surface area contributed by atoms with Crippen LogP contribution in [0.4, 0.5) is 5.95 Å². The molecule has 0 amide bonds. The first kappa shape index (κ1) is 12.1. The lowest BCUT2D eigenvalue weighted by atomic mass is 9.89. The van der Waals surface area contributed by atoms with E-state index in [1.807, 2.05) is 0 Å². The first-order chi connectivity index (χ1) is 8.16. The smallest absolute Gasteiger partial charge is 0.252 e. The Hall–Kier alpha value is -1.36. The molecule has 0 aromatic carbocycles. The molecule has 2 atom stereocenters. The van der Waals surface area contributed by atoms with Gasteiger partial charge in [-0.05, 0) is 26.9 Å². The molecule has 94 valence electrons. The number of hydrogen-bond acceptors (Lipinski definition) is 4. The van der Waals surface area contributed by atoms with Crippen molar-refractivity contribution in [3.05, 3.63) is 22.6 Å². The molecule has 2 N–H and O–H groups in total. The molecular weight excluding hydrogens is 216 g/mol. The Morgan fingerprint density at radius 1 is 1.41 bits per heavy atom. The van der Waals surface area contributed by atoms with E-state index in [9.17, 15) is 4.79 Å². The zero-order valence-corrected chi connectivity index (χ0v) is 10.4. The molecule has 1 fully saturated rings. The van der Waals surface area contributed by atoms with E-state index in [1.165, 1.54) is 31.5 Å². The van der Waals surface area contributed by atoms with Crippen molar-refractivity contribution in [2.45, 2.75) is 37.8 Å². The van der Waals surface area contributed by atoms with Crippen molar-refractivity contribution < 1.29 is 0 Å². The Morgan fingerprint density at radius 3 is 2.88 bits per heavy atom. The molecule has 1 saturated carbocycles. The van der Waals surface area contributed by atoms with Gasteiger partial charge in [0.15, 0.2) is 0 Å². The van der Waals surface area contributed by atoms with Gasteiger partial charge >= 0.3 is 0 Å². The third kappa shape index (κ3) is 3.06. The highest BCUT2D eigenvalue weighted by molar-refractivity contribution is 5.25. The Balaban J connectivity index is 2.08. The highest BCUT2D eigenvalue weighted by Crippen LogP contribution is 2.23. The maximum absolute atomic E-state index is 11.2. The predicted octanol–water partition coefficient (Wildman–Crippen LogP) is 1.05. The van der Waals surface area contributed by atoms with Gasteiger partial charge in [-0.3, -0.25) is 9.78 Å². The number of H-pyrrole nitrogens is 1. The van der Waals surface area contributed by atoms with Gasteiger partial charge in [0.2, 0.25) is 5.95 Å². The zero-order chi connectivity index (χ0) is 12.3. The summed E-state index contributed by atoms with van der Waals surface area (Å²) in [6.07, 6.45) is 6.37. The van der Waals surface area contributed by atoms with Crippen LogP contribution in [0.2, 0.25) is 0 Å². The molecule has 1 aliphatic carbocycles. The number of aromatic amines is 1. The monoisotopic (exact) mass is 236 g/mol. The van der Waals surface area contributed by atoms with E-state index in [0.717, 1.165) is 6.42 Å². The van der Waals surface area contributed by atoms with Gasteiger partial charge in [0.05, 0.1) is 0 Å². The number of nitrogens with one attached hydrogen (secondary N) is 2. The van der Waals surface area contributed by atoms with Crippen molar-refractivity contribution in [1.29, 1.82) is 0 Å². The second-order valence-corrected chi connectivity index (χ2v) is 4.85. The molecule has 1 aromatic heterocycles. The van der Waals surface area contributed by atoms with Gasteiger partial charge in [-0.15, -0.1) is 0 Å². The fraction of sp³-hybridized carbons (Fsp3) is 0.667. The van der Waals surface area contributed by atoms with Crippen molar-refractivity contribution in [3.63, 3.8) is 0 Å². The molecule has 0 radical (unpaired) electrons. The maximum atomic E-state index is 11.2. The van der Waals surface area contributed by atoms with Crippen LogP contribution in [0.5, 0.6) is 0 Å². The average Bonchev–Trinajstić information content (AvgIpc) is 2.29. The van der Waals surface area contributed by atoms with E-state index in [2.05, 4.69) is 34.3 Å². The van der Waals surface area contributed by atoms with Gasteiger partial charge in [-0.25, -0.2) is 4.98 Å². The number of rotatable bonds is 3. The molecule has 17 heavy (non-hydrogen) atoms. The third-order valence-corrected chi connectivity index (χ3v) is 3.39. The van der Waals surface area contributed by atoms with E-state index in [4.69, 9.17) is 0 Å². The lowest BCUT2D eigenvalue weighted by Crippen LogP contribution is -2.45. The largest absolute Gasteiger partial charge is 0.351 e. The predicted molar refractivity (Wildman–Crippen MR) is 68.2 cm³/mol. The van der Waals surface area contributed by atoms with Crippen LogP contribution in [-0.4, -0.2) is 41.0 Å². The van der Waals surface area contributed by atoms with Crippen molar-refractivity contribution in [1.82, 2.24) is 14.9 Å². The lowest BCUT2D eigenvalue weighted by Gasteiger charge is -2.36. The minimum Gasteiger partial charge on any atom is -0.351 e. The molecule has 5 nitrogen and oxygen atoms in total. The van der Waals surface area contributed by atoms with Gasteiger partial charge in [0.25, 0.3) is 5.56 Å². The maximum Gasteiger partial charge on any atom is 0.252 e. The lowest BCUT2D eigenvalue weighted by molar-refractivity contribution is 0.211. The summed E-state index contributed by atoms with van der Waals surface area (Å²) in [5, 5.41) is 3.34.